The van der Waals surface area contributed by atoms with Crippen LogP contribution in [0.1, 0.15) is 51.4 Å². The maximum Gasteiger partial charge on any atom is 0.138 e. The van der Waals surface area contributed by atoms with E-state index in [0.29, 0.717) is 0 Å². The molecule has 0 fully saturated rings. The molecular weight excluding hydrogens is 633 g/mol. The molecule has 4 heteroatoms. The molecule has 0 bridgehead atoms. The molecule has 0 N–H and O–H groups in total. The zero-order chi connectivity index (χ0) is 32.1. The quantitative estimate of drug-likeness (QED) is 0.184. The van der Waals surface area contributed by atoms with Gasteiger partial charge in [-0.15, -0.1) is 22.7 Å². The van der Waals surface area contributed by atoms with E-state index in [1.165, 1.54) is 90.9 Å². The van der Waals surface area contributed by atoms with E-state index in [0.717, 1.165) is 49.9 Å². The van der Waals surface area contributed by atoms with Gasteiger partial charge < -0.3 is 0 Å². The molecule has 2 nitrogen and oxygen atoms in total. The number of allylic oxidation sites excluding steroid dienone is 3. The Morgan fingerprint density at radius 2 is 1.39 bits per heavy atom. The third-order valence-corrected chi connectivity index (χ3v) is 13.4. The fourth-order valence-corrected chi connectivity index (χ4v) is 11.1. The molecule has 0 aliphatic heterocycles. The Morgan fingerprint density at radius 3 is 2.33 bits per heavy atom. The van der Waals surface area contributed by atoms with Crippen molar-refractivity contribution >= 4 is 82.9 Å². The van der Waals surface area contributed by atoms with Crippen LogP contribution in [0.4, 0.5) is 0 Å². The first-order valence-corrected chi connectivity index (χ1v) is 19.1. The zero-order valence-electron chi connectivity index (χ0n) is 27.0. The van der Waals surface area contributed by atoms with Crippen LogP contribution in [-0.4, -0.2) is 9.55 Å². The Hall–Kier alpha value is -5.03. The van der Waals surface area contributed by atoms with Crippen LogP contribution in [0.15, 0.2) is 114 Å². The van der Waals surface area contributed by atoms with Crippen LogP contribution in [0.3, 0.4) is 0 Å². The van der Waals surface area contributed by atoms with Crippen LogP contribution in [0.5, 0.6) is 0 Å². The standard InChI is InChI=1S/C45H32N2S2/c1-5-16-38-29(10-1)35(34-15-9-14-33-31-12-3-8-19-42(31)49-45(33)34)26-44(46-38)47-39-17-6-2-11-30(39)36-24-27(20-22-40(36)47)28-21-23-43-37(25-28)32-13-4-7-18-41(32)48-43/h1-2,4-11,13-19,24-26H,3,12,20-23H2. The van der Waals surface area contributed by atoms with Crippen LogP contribution in [0.25, 0.3) is 77.2 Å². The molecule has 4 aromatic carbocycles. The number of thiophene rings is 2. The van der Waals surface area contributed by atoms with Gasteiger partial charge in [-0.1, -0.05) is 78.9 Å². The summed E-state index contributed by atoms with van der Waals surface area (Å²) in [5.41, 5.74) is 13.5. The summed E-state index contributed by atoms with van der Waals surface area (Å²) in [4.78, 5) is 8.34. The largest absolute Gasteiger partial charge is 0.298 e. The number of nitrogens with zero attached hydrogens (tertiary/aromatic N) is 2. The highest BCUT2D eigenvalue weighted by atomic mass is 32.1. The predicted octanol–water partition coefficient (Wildman–Crippen LogP) is 12.6. The number of hydrogen-bond donors (Lipinski definition) is 0. The second-order valence-electron chi connectivity index (χ2n) is 13.6. The van der Waals surface area contributed by atoms with Gasteiger partial charge in [0.2, 0.25) is 0 Å². The van der Waals surface area contributed by atoms with Crippen LogP contribution < -0.4 is 0 Å². The van der Waals surface area contributed by atoms with Crippen molar-refractivity contribution in [3.8, 4) is 16.9 Å². The number of aromatic nitrogens is 2. The van der Waals surface area contributed by atoms with E-state index in [9.17, 15) is 0 Å². The molecule has 0 spiro atoms. The van der Waals surface area contributed by atoms with Crippen molar-refractivity contribution in [1.29, 1.82) is 0 Å². The minimum atomic E-state index is 0.994. The topological polar surface area (TPSA) is 17.8 Å². The molecule has 0 saturated carbocycles. The van der Waals surface area contributed by atoms with E-state index in [-0.39, 0.29) is 0 Å². The summed E-state index contributed by atoms with van der Waals surface area (Å²) in [6, 6.07) is 35.8. The van der Waals surface area contributed by atoms with Crippen molar-refractivity contribution in [1.82, 2.24) is 9.55 Å². The maximum atomic E-state index is 5.39. The molecule has 0 amide bonds. The van der Waals surface area contributed by atoms with Crippen molar-refractivity contribution in [2.24, 2.45) is 0 Å². The molecule has 49 heavy (non-hydrogen) atoms. The monoisotopic (exact) mass is 664 g/mol. The number of para-hydroxylation sites is 2. The number of aryl methyl sites for hydroxylation is 2. The molecule has 4 heterocycles. The normalized spacial score (nSPS) is 15.4. The van der Waals surface area contributed by atoms with E-state index >= 15 is 0 Å². The number of hydrogen-bond acceptors (Lipinski definition) is 3. The van der Waals surface area contributed by atoms with Crippen molar-refractivity contribution in [3.05, 3.63) is 146 Å². The molecule has 0 saturated heterocycles. The SMILES string of the molecule is C1=Cc2sc3c(-c4cc(-n5c6c(c7ccccc75)C=C(C5=Cc7c(sc8ccccc78)CC5)CC6)nc5ccccc45)cccc3c2CC1. The van der Waals surface area contributed by atoms with Gasteiger partial charge in [-0.3, -0.25) is 4.57 Å². The van der Waals surface area contributed by atoms with E-state index < -0.39 is 0 Å². The van der Waals surface area contributed by atoms with Crippen LogP contribution in [0.2, 0.25) is 0 Å². The Labute approximate surface area is 293 Å². The predicted molar refractivity (Wildman–Crippen MR) is 211 cm³/mol. The lowest BCUT2D eigenvalue weighted by Crippen LogP contribution is -2.09. The molecule has 0 atom stereocenters. The highest BCUT2D eigenvalue weighted by Crippen LogP contribution is 2.45. The second-order valence-corrected chi connectivity index (χ2v) is 15.8. The fraction of sp³-hybridized carbons (Fsp3) is 0.133. The summed E-state index contributed by atoms with van der Waals surface area (Å²) in [6.07, 6.45) is 16.2. The third-order valence-electron chi connectivity index (χ3n) is 10.9. The summed E-state index contributed by atoms with van der Waals surface area (Å²) in [5, 5.41) is 5.33. The van der Waals surface area contributed by atoms with Crippen molar-refractivity contribution in [2.45, 2.75) is 38.5 Å². The van der Waals surface area contributed by atoms with Gasteiger partial charge in [-0.2, -0.15) is 0 Å². The molecule has 0 radical (unpaired) electrons. The lowest BCUT2D eigenvalue weighted by molar-refractivity contribution is 0.832. The number of fused-ring (bicyclic) bond motifs is 10. The minimum absolute atomic E-state index is 0.994. The Morgan fingerprint density at radius 1 is 0.612 bits per heavy atom. The van der Waals surface area contributed by atoms with Gasteiger partial charge in [-0.25, -0.2) is 4.98 Å². The smallest absolute Gasteiger partial charge is 0.138 e. The molecule has 4 aromatic heterocycles. The number of rotatable bonds is 3. The molecule has 3 aliphatic rings. The van der Waals surface area contributed by atoms with Crippen LogP contribution in [0, 0.1) is 0 Å². The Kier molecular flexibility index (Phi) is 6.11. The molecule has 0 unspecified atom stereocenters. The summed E-state index contributed by atoms with van der Waals surface area (Å²) in [5.74, 6) is 1.01. The van der Waals surface area contributed by atoms with Gasteiger partial charge in [0.25, 0.3) is 0 Å². The lowest BCUT2D eigenvalue weighted by Gasteiger charge is -2.22. The summed E-state index contributed by atoms with van der Waals surface area (Å²) in [6.45, 7) is 0. The fourth-order valence-electron chi connectivity index (χ4n) is 8.66. The average Bonchev–Trinajstić information content (AvgIpc) is 3.83. The average molecular weight is 665 g/mol. The van der Waals surface area contributed by atoms with E-state index in [1.54, 1.807) is 0 Å². The highest BCUT2D eigenvalue weighted by molar-refractivity contribution is 7.20. The van der Waals surface area contributed by atoms with Crippen LogP contribution >= 0.6 is 22.7 Å². The summed E-state index contributed by atoms with van der Waals surface area (Å²) < 4.78 is 5.26. The summed E-state index contributed by atoms with van der Waals surface area (Å²) in [7, 11) is 0. The first kappa shape index (κ1) is 27.9. The first-order valence-electron chi connectivity index (χ1n) is 17.4. The van der Waals surface area contributed by atoms with E-state index in [4.69, 9.17) is 4.98 Å². The van der Waals surface area contributed by atoms with Gasteiger partial charge in [0, 0.05) is 46.7 Å². The second kappa shape index (κ2) is 10.7. The molecular formula is C45H32N2S2. The van der Waals surface area contributed by atoms with Crippen LogP contribution in [-0.2, 0) is 19.3 Å². The maximum absolute atomic E-state index is 5.39. The van der Waals surface area contributed by atoms with Gasteiger partial charge in [-0.05, 0) is 120 Å². The Balaban J connectivity index is 1.10. The molecule has 8 aromatic rings. The zero-order valence-corrected chi connectivity index (χ0v) is 28.6. The molecule has 234 valence electrons. The van der Waals surface area contributed by atoms with Gasteiger partial charge in [0.15, 0.2) is 0 Å². The van der Waals surface area contributed by atoms with Gasteiger partial charge in [0.1, 0.15) is 5.82 Å². The lowest BCUT2D eigenvalue weighted by atomic mass is 9.85. The third kappa shape index (κ3) is 4.20. The van der Waals surface area contributed by atoms with Crippen molar-refractivity contribution in [2.75, 3.05) is 0 Å². The van der Waals surface area contributed by atoms with E-state index in [2.05, 4.69) is 126 Å². The van der Waals surface area contributed by atoms with Gasteiger partial charge >= 0.3 is 0 Å². The summed E-state index contributed by atoms with van der Waals surface area (Å²) >= 11 is 3.91. The Bertz CT molecular complexity index is 2780. The minimum Gasteiger partial charge on any atom is -0.298 e. The van der Waals surface area contributed by atoms with Gasteiger partial charge in [0.05, 0.1) is 11.0 Å². The molecule has 11 rings (SSSR count). The first-order chi connectivity index (χ1) is 24.3. The van der Waals surface area contributed by atoms with E-state index in [1.807, 2.05) is 22.7 Å². The number of pyridine rings is 1. The van der Waals surface area contributed by atoms with Crippen molar-refractivity contribution < 1.29 is 0 Å². The van der Waals surface area contributed by atoms with Crippen molar-refractivity contribution in [3.63, 3.8) is 0 Å². The molecule has 3 aliphatic carbocycles. The number of benzene rings is 4. The highest BCUT2D eigenvalue weighted by Gasteiger charge is 2.26.